The fourth-order valence-corrected chi connectivity index (χ4v) is 4.91. The molecular weight excluding hydrogens is 440 g/mol. The second-order valence-electron chi connectivity index (χ2n) is 9.05. The van der Waals surface area contributed by atoms with Crippen molar-refractivity contribution in [2.24, 2.45) is 0 Å². The number of anilines is 1. The van der Waals surface area contributed by atoms with Gasteiger partial charge in [0.15, 0.2) is 6.61 Å². The van der Waals surface area contributed by atoms with Gasteiger partial charge < -0.3 is 14.8 Å². The van der Waals surface area contributed by atoms with E-state index in [1.807, 2.05) is 0 Å². The number of nitrogens with zero attached hydrogens (tertiary/aromatic N) is 2. The monoisotopic (exact) mass is 472 g/mol. The van der Waals surface area contributed by atoms with Crippen LogP contribution in [0.1, 0.15) is 55.3 Å². The van der Waals surface area contributed by atoms with E-state index >= 15 is 0 Å². The normalized spacial score (nSPS) is 21.0. The molecule has 3 amide bonds. The first-order valence-corrected chi connectivity index (χ1v) is 12.0. The van der Waals surface area contributed by atoms with Crippen molar-refractivity contribution in [3.63, 3.8) is 0 Å². The minimum absolute atomic E-state index is 0.0567. The molecule has 0 bridgehead atoms. The van der Waals surface area contributed by atoms with E-state index in [4.69, 9.17) is 9.47 Å². The summed E-state index contributed by atoms with van der Waals surface area (Å²) < 4.78 is 10.7. The van der Waals surface area contributed by atoms with E-state index < -0.39 is 5.97 Å². The maximum absolute atomic E-state index is 12.5. The van der Waals surface area contributed by atoms with E-state index in [-0.39, 0.29) is 48.3 Å². The van der Waals surface area contributed by atoms with Gasteiger partial charge in [0.25, 0.3) is 5.91 Å². The predicted molar refractivity (Wildman–Crippen MR) is 123 cm³/mol. The lowest BCUT2D eigenvalue weighted by Gasteiger charge is -2.48. The van der Waals surface area contributed by atoms with Crippen LogP contribution in [0.2, 0.25) is 0 Å². The second kappa shape index (κ2) is 11.0. The third-order valence-corrected chi connectivity index (χ3v) is 6.83. The maximum atomic E-state index is 12.5. The average molecular weight is 473 g/mol. The first-order valence-electron chi connectivity index (χ1n) is 12.0. The number of morpholine rings is 1. The summed E-state index contributed by atoms with van der Waals surface area (Å²) >= 11 is 0. The Bertz CT molecular complexity index is 907. The van der Waals surface area contributed by atoms with Gasteiger partial charge >= 0.3 is 5.97 Å². The van der Waals surface area contributed by atoms with Crippen LogP contribution in [0.4, 0.5) is 5.69 Å². The van der Waals surface area contributed by atoms with Crippen molar-refractivity contribution < 1.29 is 28.7 Å². The summed E-state index contributed by atoms with van der Waals surface area (Å²) in [6, 6.07) is 6.10. The highest BCUT2D eigenvalue weighted by Crippen LogP contribution is 2.33. The van der Waals surface area contributed by atoms with E-state index in [0.717, 1.165) is 38.8 Å². The maximum Gasteiger partial charge on any atom is 0.338 e. The Morgan fingerprint density at radius 3 is 2.44 bits per heavy atom. The molecule has 0 radical (unpaired) electrons. The van der Waals surface area contributed by atoms with Gasteiger partial charge in [-0.2, -0.15) is 0 Å². The molecule has 2 aliphatic heterocycles. The molecule has 0 spiro atoms. The lowest BCUT2D eigenvalue weighted by atomic mass is 9.79. The number of carbonyl (C=O) groups excluding carboxylic acids is 4. The predicted octanol–water partition coefficient (Wildman–Crippen LogP) is 1.15. The van der Waals surface area contributed by atoms with Crippen LogP contribution in [-0.4, -0.2) is 73.6 Å². The molecule has 1 aliphatic carbocycles. The largest absolute Gasteiger partial charge is 0.452 e. The Balaban J connectivity index is 1.27. The van der Waals surface area contributed by atoms with E-state index in [9.17, 15) is 19.2 Å². The standard InChI is InChI=1S/C24H32N4O6/c29-20-8-9-22(31)28(26-20)19-6-4-18(5-7-19)23(32)34-16-21(30)25-17-24(10-2-1-3-11-24)27-12-14-33-15-13-27/h4-7H,1-3,8-17H2,(H,25,30)(H,26,29). The van der Waals surface area contributed by atoms with Crippen molar-refractivity contribution in [1.82, 2.24) is 15.6 Å². The topological polar surface area (TPSA) is 117 Å². The molecule has 2 saturated heterocycles. The van der Waals surface area contributed by atoms with Crippen molar-refractivity contribution in [1.29, 1.82) is 0 Å². The van der Waals surface area contributed by atoms with Crippen LogP contribution in [-0.2, 0) is 23.9 Å². The van der Waals surface area contributed by atoms with Crippen LogP contribution >= 0.6 is 0 Å². The molecule has 184 valence electrons. The molecule has 2 N–H and O–H groups in total. The Kier molecular flexibility index (Phi) is 7.79. The number of nitrogens with one attached hydrogen (secondary N) is 2. The summed E-state index contributed by atoms with van der Waals surface area (Å²) in [5.41, 5.74) is 3.15. The zero-order valence-electron chi connectivity index (χ0n) is 19.3. The molecular formula is C24H32N4O6. The van der Waals surface area contributed by atoms with Crippen LogP contribution < -0.4 is 15.8 Å². The number of amides is 3. The summed E-state index contributed by atoms with van der Waals surface area (Å²) in [6.07, 6.45) is 5.89. The van der Waals surface area contributed by atoms with Crippen molar-refractivity contribution >= 4 is 29.4 Å². The Labute approximate surface area is 198 Å². The van der Waals surface area contributed by atoms with E-state index in [2.05, 4.69) is 15.6 Å². The molecule has 1 aromatic rings. The molecule has 0 aromatic heterocycles. The quantitative estimate of drug-likeness (QED) is 0.572. The summed E-state index contributed by atoms with van der Waals surface area (Å²) in [4.78, 5) is 50.9. The van der Waals surface area contributed by atoms with E-state index in [0.29, 0.717) is 25.4 Å². The molecule has 0 unspecified atom stereocenters. The molecule has 34 heavy (non-hydrogen) atoms. The van der Waals surface area contributed by atoms with Gasteiger partial charge in [0.05, 0.1) is 24.5 Å². The summed E-state index contributed by atoms with van der Waals surface area (Å²) in [7, 11) is 0. The Hall–Kier alpha value is -2.98. The number of hydrogen-bond donors (Lipinski definition) is 2. The molecule has 2 heterocycles. The fraction of sp³-hybridized carbons (Fsp3) is 0.583. The minimum Gasteiger partial charge on any atom is -0.452 e. The van der Waals surface area contributed by atoms with Crippen LogP contribution in [0.25, 0.3) is 0 Å². The number of rotatable bonds is 7. The number of benzene rings is 1. The third kappa shape index (κ3) is 5.74. The van der Waals surface area contributed by atoms with Crippen LogP contribution in [0.5, 0.6) is 0 Å². The highest BCUT2D eigenvalue weighted by atomic mass is 16.5. The van der Waals surface area contributed by atoms with Crippen LogP contribution in [0.3, 0.4) is 0 Å². The van der Waals surface area contributed by atoms with E-state index in [1.54, 1.807) is 12.1 Å². The third-order valence-electron chi connectivity index (χ3n) is 6.83. The lowest BCUT2D eigenvalue weighted by Crippen LogP contribution is -2.59. The molecule has 0 atom stereocenters. The first-order chi connectivity index (χ1) is 16.5. The molecule has 3 aliphatic rings. The number of ether oxygens (including phenoxy) is 2. The SMILES string of the molecule is O=C(COC(=O)c1ccc(N2NC(=O)CCC2=O)cc1)NCC1(N2CCOCC2)CCCCC1. The van der Waals surface area contributed by atoms with Crippen LogP contribution in [0.15, 0.2) is 24.3 Å². The molecule has 1 saturated carbocycles. The van der Waals surface area contributed by atoms with Crippen molar-refractivity contribution in [3.05, 3.63) is 29.8 Å². The number of hydrogen-bond acceptors (Lipinski definition) is 7. The number of esters is 1. The van der Waals surface area contributed by atoms with Crippen molar-refractivity contribution in [3.8, 4) is 0 Å². The highest BCUT2D eigenvalue weighted by molar-refractivity contribution is 6.01. The Morgan fingerprint density at radius 2 is 1.74 bits per heavy atom. The van der Waals surface area contributed by atoms with Crippen molar-refractivity contribution in [2.75, 3.05) is 44.5 Å². The van der Waals surface area contributed by atoms with E-state index in [1.165, 1.54) is 23.6 Å². The lowest BCUT2D eigenvalue weighted by molar-refractivity contribution is -0.130. The molecule has 1 aromatic carbocycles. The second-order valence-corrected chi connectivity index (χ2v) is 9.05. The Morgan fingerprint density at radius 1 is 1.03 bits per heavy atom. The van der Waals surface area contributed by atoms with Gasteiger partial charge in [0.1, 0.15) is 0 Å². The fourth-order valence-electron chi connectivity index (χ4n) is 4.91. The summed E-state index contributed by atoms with van der Waals surface area (Å²) in [5.74, 6) is -1.42. The molecule has 10 heteroatoms. The smallest absolute Gasteiger partial charge is 0.338 e. The van der Waals surface area contributed by atoms with Gasteiger partial charge in [0, 0.05) is 38.0 Å². The van der Waals surface area contributed by atoms with Gasteiger partial charge in [-0.1, -0.05) is 19.3 Å². The number of carbonyl (C=O) groups is 4. The zero-order valence-corrected chi connectivity index (χ0v) is 19.3. The first kappa shape index (κ1) is 24.2. The van der Waals surface area contributed by atoms with Gasteiger partial charge in [-0.15, -0.1) is 0 Å². The minimum atomic E-state index is -0.628. The summed E-state index contributed by atoms with van der Waals surface area (Å²) in [5, 5.41) is 4.15. The highest BCUT2D eigenvalue weighted by Gasteiger charge is 2.38. The van der Waals surface area contributed by atoms with Gasteiger partial charge in [0.2, 0.25) is 11.8 Å². The summed E-state index contributed by atoms with van der Waals surface area (Å²) in [6.45, 7) is 3.34. The molecule has 3 fully saturated rings. The average Bonchev–Trinajstić information content (AvgIpc) is 2.88. The zero-order chi connectivity index (χ0) is 24.0. The molecule has 4 rings (SSSR count). The van der Waals surface area contributed by atoms with Gasteiger partial charge in [-0.05, 0) is 37.1 Å². The van der Waals surface area contributed by atoms with Crippen LogP contribution in [0, 0.1) is 0 Å². The van der Waals surface area contributed by atoms with Gasteiger partial charge in [-0.3, -0.25) is 24.7 Å². The molecule has 10 nitrogen and oxygen atoms in total. The van der Waals surface area contributed by atoms with Crippen molar-refractivity contribution in [2.45, 2.75) is 50.5 Å². The van der Waals surface area contributed by atoms with Gasteiger partial charge in [-0.25, -0.2) is 9.80 Å². The number of hydrazine groups is 1.